The van der Waals surface area contributed by atoms with Gasteiger partial charge in [0.25, 0.3) is 0 Å². The molecule has 5 nitrogen and oxygen atoms in total. The van der Waals surface area contributed by atoms with E-state index in [2.05, 4.69) is 0 Å². The molecule has 0 unspecified atom stereocenters. The third-order valence-corrected chi connectivity index (χ3v) is 2.67. The third kappa shape index (κ3) is 2.63. The Morgan fingerprint density at radius 2 is 1.80 bits per heavy atom. The molecule has 0 atom stereocenters. The number of methoxy groups -OCH3 is 1. The molecule has 0 aliphatic carbocycles. The van der Waals surface area contributed by atoms with Crippen molar-refractivity contribution >= 4 is 5.69 Å². The molecule has 5 heteroatoms. The molecule has 98 valence electrons. The Morgan fingerprint density at radius 1 is 1.00 bits per heavy atom. The van der Waals surface area contributed by atoms with Gasteiger partial charge in [-0.05, 0) is 24.3 Å². The van der Waals surface area contributed by atoms with E-state index in [-0.39, 0.29) is 0 Å². The van der Waals surface area contributed by atoms with Crippen molar-refractivity contribution in [1.82, 2.24) is 0 Å². The number of hydrogen-bond acceptors (Lipinski definition) is 5. The van der Waals surface area contributed by atoms with Crippen LogP contribution in [0.5, 0.6) is 17.2 Å². The minimum atomic E-state index is 0.343. The fraction of sp³-hybridized carbons (Fsp3) is 0.0667. The molecule has 0 saturated heterocycles. The first kappa shape index (κ1) is 13.3. The first-order valence-electron chi connectivity index (χ1n) is 5.73. The van der Waals surface area contributed by atoms with Gasteiger partial charge in [-0.25, -0.2) is 0 Å². The molecule has 0 aliphatic heterocycles. The molecule has 0 saturated carbocycles. The van der Waals surface area contributed by atoms with Crippen molar-refractivity contribution in [3.8, 4) is 29.4 Å². The van der Waals surface area contributed by atoms with E-state index in [1.165, 1.54) is 7.11 Å². The smallest absolute Gasteiger partial charge is 0.169 e. The van der Waals surface area contributed by atoms with Crippen LogP contribution in [0.1, 0.15) is 11.1 Å². The summed E-state index contributed by atoms with van der Waals surface area (Å²) in [5, 5.41) is 17.8. The first-order chi connectivity index (χ1) is 9.67. The minimum Gasteiger partial charge on any atom is -0.493 e. The highest BCUT2D eigenvalue weighted by Gasteiger charge is 2.08. The zero-order chi connectivity index (χ0) is 14.5. The van der Waals surface area contributed by atoms with E-state index in [1.54, 1.807) is 36.4 Å². The lowest BCUT2D eigenvalue weighted by Crippen LogP contribution is -1.94. The molecule has 20 heavy (non-hydrogen) atoms. The number of nitrogen functional groups attached to an aromatic ring is 1. The maximum absolute atomic E-state index is 8.93. The normalized spacial score (nSPS) is 9.35. The molecular weight excluding hydrogens is 254 g/mol. The Labute approximate surface area is 116 Å². The van der Waals surface area contributed by atoms with Gasteiger partial charge >= 0.3 is 0 Å². The first-order valence-corrected chi connectivity index (χ1v) is 5.73. The van der Waals surface area contributed by atoms with Crippen LogP contribution >= 0.6 is 0 Å². The van der Waals surface area contributed by atoms with Crippen molar-refractivity contribution in [2.45, 2.75) is 0 Å². The van der Waals surface area contributed by atoms with Gasteiger partial charge in [0.2, 0.25) is 0 Å². The molecule has 2 rings (SSSR count). The summed E-state index contributed by atoms with van der Waals surface area (Å²) in [6.07, 6.45) is 0. The predicted molar refractivity (Wildman–Crippen MR) is 73.4 cm³/mol. The minimum absolute atomic E-state index is 0.343. The van der Waals surface area contributed by atoms with Gasteiger partial charge in [0.15, 0.2) is 11.5 Å². The SMILES string of the molecule is COc1cc(C#N)ccc1Oc1ccc(N)c(C#N)c1. The maximum atomic E-state index is 8.93. The quantitative estimate of drug-likeness (QED) is 0.861. The van der Waals surface area contributed by atoms with Crippen molar-refractivity contribution < 1.29 is 9.47 Å². The Balaban J connectivity index is 2.35. The van der Waals surface area contributed by atoms with Crippen LogP contribution < -0.4 is 15.2 Å². The summed E-state index contributed by atoms with van der Waals surface area (Å²) in [5.41, 5.74) is 6.86. The molecule has 2 aromatic carbocycles. The number of nitriles is 2. The number of benzene rings is 2. The Kier molecular flexibility index (Phi) is 3.74. The van der Waals surface area contributed by atoms with E-state index in [0.29, 0.717) is 34.1 Å². The van der Waals surface area contributed by atoms with E-state index in [1.807, 2.05) is 12.1 Å². The average molecular weight is 265 g/mol. The van der Waals surface area contributed by atoms with Crippen LogP contribution in [0.3, 0.4) is 0 Å². The number of hydrogen-bond donors (Lipinski definition) is 1. The van der Waals surface area contributed by atoms with E-state index < -0.39 is 0 Å². The summed E-state index contributed by atoms with van der Waals surface area (Å²) < 4.78 is 10.8. The Hall–Kier alpha value is -3.18. The van der Waals surface area contributed by atoms with E-state index in [9.17, 15) is 0 Å². The molecule has 0 heterocycles. The molecule has 0 aromatic heterocycles. The highest BCUT2D eigenvalue weighted by Crippen LogP contribution is 2.33. The number of ether oxygens (including phenoxy) is 2. The number of nitrogens with two attached hydrogens (primary N) is 1. The standard InChI is InChI=1S/C15H11N3O2/c1-19-15-6-10(8-16)2-5-14(15)20-12-3-4-13(18)11(7-12)9-17/h2-7H,18H2,1H3. The van der Waals surface area contributed by atoms with Crippen molar-refractivity contribution in [2.75, 3.05) is 12.8 Å². The summed E-state index contributed by atoms with van der Waals surface area (Å²) in [7, 11) is 1.49. The molecule has 0 bridgehead atoms. The summed E-state index contributed by atoms with van der Waals surface area (Å²) in [6.45, 7) is 0. The Morgan fingerprint density at radius 3 is 2.45 bits per heavy atom. The fourth-order valence-electron chi connectivity index (χ4n) is 1.64. The zero-order valence-corrected chi connectivity index (χ0v) is 10.8. The highest BCUT2D eigenvalue weighted by atomic mass is 16.5. The summed E-state index contributed by atoms with van der Waals surface area (Å²) >= 11 is 0. The zero-order valence-electron chi connectivity index (χ0n) is 10.8. The monoisotopic (exact) mass is 265 g/mol. The van der Waals surface area contributed by atoms with Crippen LogP contribution in [0.15, 0.2) is 36.4 Å². The van der Waals surface area contributed by atoms with Crippen molar-refractivity contribution in [2.24, 2.45) is 0 Å². The van der Waals surface area contributed by atoms with E-state index >= 15 is 0 Å². The summed E-state index contributed by atoms with van der Waals surface area (Å²) in [5.74, 6) is 1.37. The molecule has 0 fully saturated rings. The molecular formula is C15H11N3O2. The maximum Gasteiger partial charge on any atom is 0.169 e. The largest absolute Gasteiger partial charge is 0.493 e. The van der Waals surface area contributed by atoms with Crippen LogP contribution in [0.25, 0.3) is 0 Å². The molecule has 0 radical (unpaired) electrons. The van der Waals surface area contributed by atoms with Gasteiger partial charge in [0.1, 0.15) is 11.8 Å². The lowest BCUT2D eigenvalue weighted by atomic mass is 10.2. The molecule has 0 spiro atoms. The van der Waals surface area contributed by atoms with Gasteiger partial charge < -0.3 is 15.2 Å². The topological polar surface area (TPSA) is 92.1 Å². The summed E-state index contributed by atoms with van der Waals surface area (Å²) in [4.78, 5) is 0. The molecule has 2 N–H and O–H groups in total. The second-order valence-corrected chi connectivity index (χ2v) is 3.94. The van der Waals surface area contributed by atoms with Crippen molar-refractivity contribution in [1.29, 1.82) is 10.5 Å². The molecule has 0 aliphatic rings. The van der Waals surface area contributed by atoms with Crippen molar-refractivity contribution in [3.63, 3.8) is 0 Å². The number of nitrogens with zero attached hydrogens (tertiary/aromatic N) is 2. The number of rotatable bonds is 3. The third-order valence-electron chi connectivity index (χ3n) is 2.67. The van der Waals surface area contributed by atoms with E-state index in [0.717, 1.165) is 0 Å². The Bertz CT molecular complexity index is 727. The predicted octanol–water partition coefficient (Wildman–Crippen LogP) is 2.81. The lowest BCUT2D eigenvalue weighted by molar-refractivity contribution is 0.378. The van der Waals surface area contributed by atoms with Crippen molar-refractivity contribution in [3.05, 3.63) is 47.5 Å². The average Bonchev–Trinajstić information content (AvgIpc) is 2.49. The van der Waals surface area contributed by atoms with E-state index in [4.69, 9.17) is 25.7 Å². The summed E-state index contributed by atoms with van der Waals surface area (Å²) in [6, 6.07) is 13.7. The second-order valence-electron chi connectivity index (χ2n) is 3.94. The van der Waals surface area contributed by atoms with Gasteiger partial charge in [0.05, 0.1) is 24.3 Å². The fourth-order valence-corrected chi connectivity index (χ4v) is 1.64. The van der Waals surface area contributed by atoms with Gasteiger partial charge in [-0.2, -0.15) is 10.5 Å². The van der Waals surface area contributed by atoms with Crippen LogP contribution in [-0.2, 0) is 0 Å². The number of anilines is 1. The molecule has 0 amide bonds. The van der Waals surface area contributed by atoms with Gasteiger partial charge in [-0.15, -0.1) is 0 Å². The van der Waals surface area contributed by atoms with Crippen LogP contribution in [0.4, 0.5) is 5.69 Å². The van der Waals surface area contributed by atoms with Crippen LogP contribution in [0, 0.1) is 22.7 Å². The van der Waals surface area contributed by atoms with Gasteiger partial charge in [-0.3, -0.25) is 0 Å². The second kappa shape index (κ2) is 5.64. The lowest BCUT2D eigenvalue weighted by Gasteiger charge is -2.11. The van der Waals surface area contributed by atoms with Crippen LogP contribution in [-0.4, -0.2) is 7.11 Å². The van der Waals surface area contributed by atoms with Gasteiger partial charge in [-0.1, -0.05) is 0 Å². The van der Waals surface area contributed by atoms with Crippen LogP contribution in [0.2, 0.25) is 0 Å². The molecule has 2 aromatic rings. The van der Waals surface area contributed by atoms with Gasteiger partial charge in [0, 0.05) is 17.8 Å². The highest BCUT2D eigenvalue weighted by molar-refractivity contribution is 5.57.